The summed E-state index contributed by atoms with van der Waals surface area (Å²) in [5.74, 6) is 0.0898. The second-order valence-electron chi connectivity index (χ2n) is 6.13. The van der Waals surface area contributed by atoms with E-state index in [0.717, 1.165) is 31.0 Å². The summed E-state index contributed by atoms with van der Waals surface area (Å²) in [4.78, 5) is 13.1. The van der Waals surface area contributed by atoms with Crippen molar-refractivity contribution in [2.75, 3.05) is 13.6 Å². The van der Waals surface area contributed by atoms with E-state index < -0.39 is 5.97 Å². The van der Waals surface area contributed by atoms with Crippen molar-refractivity contribution in [3.8, 4) is 0 Å². The topological polar surface area (TPSA) is 52.6 Å². The maximum Gasteiger partial charge on any atom is 0.303 e. The zero-order valence-corrected chi connectivity index (χ0v) is 11.6. The number of nitrogens with one attached hydrogen (secondary N) is 1. The van der Waals surface area contributed by atoms with E-state index in [-0.39, 0.29) is 6.42 Å². The Balaban J connectivity index is 1.67. The molecule has 4 heteroatoms. The molecule has 2 aliphatic heterocycles. The number of carboxylic acid groups (broad SMARTS) is 1. The number of carbonyl (C=O) groups is 1. The molecule has 0 spiro atoms. The number of rotatable bonds is 6. The molecule has 0 aromatic carbocycles. The minimum absolute atomic E-state index is 0.271. The Morgan fingerprint density at radius 3 is 2.56 bits per heavy atom. The van der Waals surface area contributed by atoms with E-state index in [4.69, 9.17) is 5.11 Å². The molecule has 0 aliphatic carbocycles. The second-order valence-corrected chi connectivity index (χ2v) is 6.13. The van der Waals surface area contributed by atoms with E-state index in [2.05, 4.69) is 24.2 Å². The van der Waals surface area contributed by atoms with Crippen LogP contribution in [0.5, 0.6) is 0 Å². The first kappa shape index (κ1) is 13.8. The monoisotopic (exact) mass is 254 g/mol. The van der Waals surface area contributed by atoms with Gasteiger partial charge in [-0.3, -0.25) is 4.79 Å². The van der Waals surface area contributed by atoms with Crippen LogP contribution in [0.2, 0.25) is 0 Å². The summed E-state index contributed by atoms with van der Waals surface area (Å²) < 4.78 is 0. The van der Waals surface area contributed by atoms with Crippen LogP contribution in [-0.4, -0.2) is 47.7 Å². The molecule has 104 valence electrons. The van der Waals surface area contributed by atoms with Crippen LogP contribution in [0.3, 0.4) is 0 Å². The summed E-state index contributed by atoms with van der Waals surface area (Å²) >= 11 is 0. The molecule has 4 nitrogen and oxygen atoms in total. The van der Waals surface area contributed by atoms with Crippen molar-refractivity contribution >= 4 is 5.97 Å². The van der Waals surface area contributed by atoms with Gasteiger partial charge in [-0.15, -0.1) is 0 Å². The first-order valence-corrected chi connectivity index (χ1v) is 7.23. The zero-order valence-electron chi connectivity index (χ0n) is 11.6. The van der Waals surface area contributed by atoms with E-state index in [1.807, 2.05) is 0 Å². The Hall–Kier alpha value is -0.610. The maximum atomic E-state index is 10.5. The Bertz CT molecular complexity index is 282. The lowest BCUT2D eigenvalue weighted by molar-refractivity contribution is -0.137. The van der Waals surface area contributed by atoms with Gasteiger partial charge in [-0.05, 0) is 58.5 Å². The van der Waals surface area contributed by atoms with Crippen LogP contribution < -0.4 is 5.32 Å². The molecule has 2 saturated heterocycles. The van der Waals surface area contributed by atoms with Crippen LogP contribution in [-0.2, 0) is 4.79 Å². The standard InChI is InChI=1S/C14H26N2O2/c1-10(3-6-14(17)18)15-9-11-7-12-4-5-13(8-11)16(12)2/h10-13,15H,3-9H2,1-2H3,(H,17,18). The number of aliphatic carboxylic acids is 1. The van der Waals surface area contributed by atoms with Crippen molar-refractivity contribution in [2.24, 2.45) is 5.92 Å². The molecular weight excluding hydrogens is 228 g/mol. The number of hydrogen-bond acceptors (Lipinski definition) is 3. The fraction of sp³-hybridized carbons (Fsp3) is 0.929. The number of piperidine rings is 1. The van der Waals surface area contributed by atoms with Gasteiger partial charge in [0.05, 0.1) is 0 Å². The van der Waals surface area contributed by atoms with Crippen molar-refractivity contribution in [1.29, 1.82) is 0 Å². The number of nitrogens with zero attached hydrogens (tertiary/aromatic N) is 1. The van der Waals surface area contributed by atoms with Crippen LogP contribution in [0.1, 0.15) is 45.4 Å². The van der Waals surface area contributed by atoms with Gasteiger partial charge in [0.2, 0.25) is 0 Å². The first-order chi connectivity index (χ1) is 8.56. The minimum Gasteiger partial charge on any atom is -0.481 e. The van der Waals surface area contributed by atoms with Gasteiger partial charge in [-0.2, -0.15) is 0 Å². The van der Waals surface area contributed by atoms with E-state index in [0.29, 0.717) is 6.04 Å². The first-order valence-electron chi connectivity index (χ1n) is 7.23. The van der Waals surface area contributed by atoms with Crippen LogP contribution in [0.25, 0.3) is 0 Å². The van der Waals surface area contributed by atoms with Gasteiger partial charge in [-0.1, -0.05) is 0 Å². The normalized spacial score (nSPS) is 33.6. The fourth-order valence-corrected chi connectivity index (χ4v) is 3.50. The molecule has 0 aromatic heterocycles. The summed E-state index contributed by atoms with van der Waals surface area (Å²) in [6.07, 6.45) is 6.36. The molecule has 2 bridgehead atoms. The van der Waals surface area contributed by atoms with Crippen molar-refractivity contribution < 1.29 is 9.90 Å². The lowest BCUT2D eigenvalue weighted by atomic mass is 9.91. The van der Waals surface area contributed by atoms with Crippen LogP contribution in [0.4, 0.5) is 0 Å². The van der Waals surface area contributed by atoms with Gasteiger partial charge in [-0.25, -0.2) is 0 Å². The third-order valence-electron chi connectivity index (χ3n) is 4.74. The predicted molar refractivity (Wildman–Crippen MR) is 71.6 cm³/mol. The van der Waals surface area contributed by atoms with Gasteiger partial charge < -0.3 is 15.3 Å². The van der Waals surface area contributed by atoms with E-state index >= 15 is 0 Å². The van der Waals surface area contributed by atoms with Gasteiger partial charge in [0.1, 0.15) is 0 Å². The fourth-order valence-electron chi connectivity index (χ4n) is 3.50. The lowest BCUT2D eigenvalue weighted by Crippen LogP contribution is -2.43. The van der Waals surface area contributed by atoms with Crippen molar-refractivity contribution in [3.63, 3.8) is 0 Å². The van der Waals surface area contributed by atoms with Gasteiger partial charge in [0, 0.05) is 24.5 Å². The van der Waals surface area contributed by atoms with E-state index in [1.165, 1.54) is 25.7 Å². The molecule has 0 amide bonds. The molecule has 2 fully saturated rings. The van der Waals surface area contributed by atoms with E-state index in [9.17, 15) is 4.79 Å². The van der Waals surface area contributed by atoms with Crippen molar-refractivity contribution in [2.45, 2.75) is 63.6 Å². The minimum atomic E-state index is -0.694. The predicted octanol–water partition coefficient (Wildman–Crippen LogP) is 1.70. The largest absolute Gasteiger partial charge is 0.481 e. The van der Waals surface area contributed by atoms with Crippen LogP contribution >= 0.6 is 0 Å². The quantitative estimate of drug-likeness (QED) is 0.757. The highest BCUT2D eigenvalue weighted by Gasteiger charge is 2.38. The second kappa shape index (κ2) is 6.02. The molecular formula is C14H26N2O2. The van der Waals surface area contributed by atoms with Crippen molar-refractivity contribution in [3.05, 3.63) is 0 Å². The molecule has 3 unspecified atom stereocenters. The molecule has 0 aromatic rings. The molecule has 3 atom stereocenters. The highest BCUT2D eigenvalue weighted by atomic mass is 16.4. The van der Waals surface area contributed by atoms with Gasteiger partial charge >= 0.3 is 5.97 Å². The molecule has 18 heavy (non-hydrogen) atoms. The summed E-state index contributed by atoms with van der Waals surface area (Å²) in [7, 11) is 2.27. The summed E-state index contributed by atoms with van der Waals surface area (Å²) in [5, 5.41) is 12.2. The van der Waals surface area contributed by atoms with Gasteiger partial charge in [0.25, 0.3) is 0 Å². The molecule has 2 heterocycles. The van der Waals surface area contributed by atoms with Crippen LogP contribution in [0, 0.1) is 5.92 Å². The Morgan fingerprint density at radius 1 is 1.39 bits per heavy atom. The zero-order chi connectivity index (χ0) is 13.1. The average Bonchev–Trinajstić information content (AvgIpc) is 2.55. The average molecular weight is 254 g/mol. The maximum absolute atomic E-state index is 10.5. The Morgan fingerprint density at radius 2 is 2.00 bits per heavy atom. The molecule has 2 N–H and O–H groups in total. The summed E-state index contributed by atoms with van der Waals surface area (Å²) in [5.41, 5.74) is 0. The number of carboxylic acids is 1. The third-order valence-corrected chi connectivity index (χ3v) is 4.74. The third kappa shape index (κ3) is 3.45. The van der Waals surface area contributed by atoms with Gasteiger partial charge in [0.15, 0.2) is 0 Å². The van der Waals surface area contributed by atoms with Crippen molar-refractivity contribution in [1.82, 2.24) is 10.2 Å². The summed E-state index contributed by atoms with van der Waals surface area (Å²) in [6.45, 7) is 3.15. The highest BCUT2D eigenvalue weighted by Crippen LogP contribution is 2.37. The number of fused-ring (bicyclic) bond motifs is 2. The SMILES string of the molecule is CC(CCC(=O)O)NCC1CC2CCC(C1)N2C. The smallest absolute Gasteiger partial charge is 0.303 e. The molecule has 0 radical (unpaired) electrons. The Kier molecular flexibility index (Phi) is 4.62. The van der Waals surface area contributed by atoms with E-state index in [1.54, 1.807) is 0 Å². The molecule has 0 saturated carbocycles. The molecule has 2 rings (SSSR count). The number of hydrogen-bond donors (Lipinski definition) is 2. The summed E-state index contributed by atoms with van der Waals surface area (Å²) in [6, 6.07) is 1.91. The van der Waals surface area contributed by atoms with Crippen LogP contribution in [0.15, 0.2) is 0 Å². The molecule has 2 aliphatic rings. The Labute approximate surface area is 110 Å². The highest BCUT2D eigenvalue weighted by molar-refractivity contribution is 5.66. The lowest BCUT2D eigenvalue weighted by Gasteiger charge is -2.36.